The molecule has 1 heterocycles. The Hall–Kier alpha value is -2.33. The van der Waals surface area contributed by atoms with Gasteiger partial charge in [0.15, 0.2) is 5.15 Å². The molecule has 0 N–H and O–H groups in total. The van der Waals surface area contributed by atoms with E-state index in [0.29, 0.717) is 19.1 Å². The first kappa shape index (κ1) is 13.6. The second-order valence-electron chi connectivity index (χ2n) is 4.36. The average molecular weight is 301 g/mol. The summed E-state index contributed by atoms with van der Waals surface area (Å²) in [6, 6.07) is 14.1. The van der Waals surface area contributed by atoms with Gasteiger partial charge in [-0.1, -0.05) is 41.9 Å². The van der Waals surface area contributed by atoms with Crippen LogP contribution in [0.4, 0.5) is 0 Å². The summed E-state index contributed by atoms with van der Waals surface area (Å²) in [7, 11) is 0. The summed E-state index contributed by atoms with van der Waals surface area (Å²) in [5.41, 5.74) is 0. The minimum atomic E-state index is 0.253. The Morgan fingerprint density at radius 1 is 0.857 bits per heavy atom. The summed E-state index contributed by atoms with van der Waals surface area (Å²) in [6.07, 6.45) is 3.05. The van der Waals surface area contributed by atoms with Crippen LogP contribution < -0.4 is 9.47 Å². The summed E-state index contributed by atoms with van der Waals surface area (Å²) in [4.78, 5) is 7.88. The first-order valence-corrected chi connectivity index (χ1v) is 6.91. The molecule has 0 amide bonds. The Morgan fingerprint density at radius 3 is 2.48 bits per heavy atom. The van der Waals surface area contributed by atoms with Crippen molar-refractivity contribution in [2.24, 2.45) is 0 Å². The molecule has 0 aliphatic carbocycles. The second-order valence-corrected chi connectivity index (χ2v) is 4.72. The van der Waals surface area contributed by atoms with Crippen LogP contribution in [0.25, 0.3) is 10.8 Å². The Morgan fingerprint density at radius 2 is 1.62 bits per heavy atom. The number of fused-ring (bicyclic) bond motifs is 1. The summed E-state index contributed by atoms with van der Waals surface area (Å²) in [5, 5.41) is 2.59. The monoisotopic (exact) mass is 300 g/mol. The Balaban J connectivity index is 1.56. The van der Waals surface area contributed by atoms with Crippen molar-refractivity contribution in [3.8, 4) is 11.6 Å². The van der Waals surface area contributed by atoms with E-state index < -0.39 is 0 Å². The molecular weight excluding hydrogens is 288 g/mol. The Labute approximate surface area is 127 Å². The summed E-state index contributed by atoms with van der Waals surface area (Å²) in [5.74, 6) is 1.13. The molecule has 0 aliphatic heterocycles. The lowest BCUT2D eigenvalue weighted by molar-refractivity contribution is 0.211. The smallest absolute Gasteiger partial charge is 0.252 e. The van der Waals surface area contributed by atoms with Gasteiger partial charge in [-0.15, -0.1) is 0 Å². The molecule has 0 saturated heterocycles. The highest BCUT2D eigenvalue weighted by atomic mass is 35.5. The van der Waals surface area contributed by atoms with E-state index in [2.05, 4.69) is 22.1 Å². The number of ether oxygens (including phenoxy) is 2. The zero-order valence-electron chi connectivity index (χ0n) is 11.2. The predicted octanol–water partition coefficient (Wildman–Crippen LogP) is 3.74. The lowest BCUT2D eigenvalue weighted by Gasteiger charge is -2.09. The van der Waals surface area contributed by atoms with Gasteiger partial charge in [0, 0.05) is 12.4 Å². The molecule has 0 radical (unpaired) electrons. The van der Waals surface area contributed by atoms with Gasteiger partial charge < -0.3 is 9.47 Å². The number of rotatable bonds is 5. The van der Waals surface area contributed by atoms with Crippen LogP contribution in [-0.2, 0) is 0 Å². The molecule has 5 heteroatoms. The van der Waals surface area contributed by atoms with Crippen molar-refractivity contribution >= 4 is 22.4 Å². The number of hydrogen-bond donors (Lipinski definition) is 0. The molecule has 0 bridgehead atoms. The van der Waals surface area contributed by atoms with Crippen molar-refractivity contribution < 1.29 is 9.47 Å². The molecular formula is C16H13ClN2O2. The topological polar surface area (TPSA) is 44.2 Å². The fourth-order valence-electron chi connectivity index (χ4n) is 1.96. The zero-order valence-corrected chi connectivity index (χ0v) is 12.0. The van der Waals surface area contributed by atoms with Gasteiger partial charge in [0.25, 0.3) is 5.88 Å². The van der Waals surface area contributed by atoms with E-state index in [1.165, 1.54) is 17.8 Å². The number of hydrogen-bond acceptors (Lipinski definition) is 4. The minimum absolute atomic E-state index is 0.253. The first-order valence-electron chi connectivity index (χ1n) is 6.54. The lowest BCUT2D eigenvalue weighted by Crippen LogP contribution is -2.10. The lowest BCUT2D eigenvalue weighted by atomic mass is 10.1. The van der Waals surface area contributed by atoms with Crippen molar-refractivity contribution in [1.29, 1.82) is 0 Å². The van der Waals surface area contributed by atoms with Gasteiger partial charge in [-0.2, -0.15) is 0 Å². The summed E-state index contributed by atoms with van der Waals surface area (Å²) in [6.45, 7) is 0.760. The van der Waals surface area contributed by atoms with E-state index in [-0.39, 0.29) is 5.15 Å². The van der Waals surface area contributed by atoms with Crippen LogP contribution >= 0.6 is 11.6 Å². The Bertz CT molecular complexity index is 749. The number of benzene rings is 2. The van der Waals surface area contributed by atoms with Crippen LogP contribution in [0.2, 0.25) is 5.15 Å². The fraction of sp³-hybridized carbons (Fsp3) is 0.125. The average Bonchev–Trinajstić information content (AvgIpc) is 2.53. The van der Waals surface area contributed by atoms with E-state index in [9.17, 15) is 0 Å². The number of aromatic nitrogens is 2. The molecule has 1 aromatic heterocycles. The normalized spacial score (nSPS) is 10.5. The van der Waals surface area contributed by atoms with Gasteiger partial charge in [0.05, 0.1) is 0 Å². The molecule has 21 heavy (non-hydrogen) atoms. The van der Waals surface area contributed by atoms with Crippen molar-refractivity contribution in [3.63, 3.8) is 0 Å². The molecule has 0 atom stereocenters. The van der Waals surface area contributed by atoms with Crippen LogP contribution in [0.5, 0.6) is 11.6 Å². The fourth-order valence-corrected chi connectivity index (χ4v) is 2.12. The number of nitrogens with zero attached hydrogens (tertiary/aromatic N) is 2. The summed E-state index contributed by atoms with van der Waals surface area (Å²) >= 11 is 5.85. The maximum Gasteiger partial charge on any atom is 0.252 e. The minimum Gasteiger partial charge on any atom is -0.490 e. The van der Waals surface area contributed by atoms with E-state index in [0.717, 1.165) is 11.1 Å². The van der Waals surface area contributed by atoms with Crippen LogP contribution in [0.15, 0.2) is 54.9 Å². The van der Waals surface area contributed by atoms with Gasteiger partial charge in [-0.3, -0.25) is 0 Å². The van der Waals surface area contributed by atoms with Gasteiger partial charge in [0.2, 0.25) is 0 Å². The highest BCUT2D eigenvalue weighted by molar-refractivity contribution is 6.30. The Kier molecular flexibility index (Phi) is 4.17. The molecule has 0 fully saturated rings. The predicted molar refractivity (Wildman–Crippen MR) is 82.0 cm³/mol. The third kappa shape index (κ3) is 3.41. The van der Waals surface area contributed by atoms with Crippen LogP contribution in [0, 0.1) is 0 Å². The van der Waals surface area contributed by atoms with Crippen molar-refractivity contribution in [2.75, 3.05) is 13.2 Å². The molecule has 4 nitrogen and oxygen atoms in total. The largest absolute Gasteiger partial charge is 0.490 e. The van der Waals surface area contributed by atoms with Gasteiger partial charge in [-0.05, 0) is 22.9 Å². The molecule has 106 valence electrons. The molecule has 3 rings (SSSR count). The molecule has 0 saturated carbocycles. The molecule has 0 aliphatic rings. The quantitative estimate of drug-likeness (QED) is 0.673. The molecule has 0 spiro atoms. The van der Waals surface area contributed by atoms with Crippen molar-refractivity contribution in [2.45, 2.75) is 0 Å². The van der Waals surface area contributed by atoms with E-state index >= 15 is 0 Å². The van der Waals surface area contributed by atoms with Crippen LogP contribution in [0.1, 0.15) is 0 Å². The van der Waals surface area contributed by atoms with Crippen molar-refractivity contribution in [3.05, 3.63) is 60.0 Å². The number of halogens is 1. The summed E-state index contributed by atoms with van der Waals surface area (Å²) < 4.78 is 11.1. The van der Waals surface area contributed by atoms with Gasteiger partial charge >= 0.3 is 0 Å². The zero-order chi connectivity index (χ0) is 14.5. The second kappa shape index (κ2) is 6.41. The van der Waals surface area contributed by atoms with Crippen molar-refractivity contribution in [1.82, 2.24) is 9.97 Å². The van der Waals surface area contributed by atoms with Crippen LogP contribution in [-0.4, -0.2) is 23.2 Å². The third-order valence-electron chi connectivity index (χ3n) is 2.93. The van der Waals surface area contributed by atoms with E-state index in [1.807, 2.05) is 30.3 Å². The van der Waals surface area contributed by atoms with Crippen LogP contribution in [0.3, 0.4) is 0 Å². The molecule has 3 aromatic rings. The molecule has 0 unspecified atom stereocenters. The van der Waals surface area contributed by atoms with Gasteiger partial charge in [0.1, 0.15) is 19.0 Å². The first-order chi connectivity index (χ1) is 10.3. The van der Waals surface area contributed by atoms with E-state index in [1.54, 1.807) is 0 Å². The third-order valence-corrected chi connectivity index (χ3v) is 3.19. The van der Waals surface area contributed by atoms with E-state index in [4.69, 9.17) is 21.1 Å². The SMILES string of the molecule is Clc1nccnc1OCCOc1ccc2ccccc2c1. The molecule has 2 aromatic carbocycles. The van der Waals surface area contributed by atoms with Gasteiger partial charge in [-0.25, -0.2) is 9.97 Å². The maximum absolute atomic E-state index is 5.85. The highest BCUT2D eigenvalue weighted by Crippen LogP contribution is 2.21. The maximum atomic E-state index is 5.85. The highest BCUT2D eigenvalue weighted by Gasteiger charge is 2.03. The standard InChI is InChI=1S/C16H13ClN2O2/c17-15-16(19-8-7-18-15)21-10-9-20-14-6-5-12-3-1-2-4-13(12)11-14/h1-8,11H,9-10H2.